The fraction of sp³-hybridized carbons (Fsp3) is 0.625. The highest BCUT2D eigenvalue weighted by Crippen LogP contribution is 2.25. The molecule has 1 atom stereocenters. The molecular formula is C16H26N2O. The summed E-state index contributed by atoms with van der Waals surface area (Å²) < 4.78 is 5.80. The molecule has 0 aromatic heterocycles. The van der Waals surface area contributed by atoms with Crippen molar-refractivity contribution in [2.24, 2.45) is 0 Å². The molecule has 106 valence electrons. The van der Waals surface area contributed by atoms with E-state index in [0.717, 1.165) is 32.8 Å². The quantitative estimate of drug-likeness (QED) is 0.853. The van der Waals surface area contributed by atoms with E-state index in [1.807, 2.05) is 0 Å². The van der Waals surface area contributed by atoms with Crippen molar-refractivity contribution in [1.82, 2.24) is 5.32 Å². The van der Waals surface area contributed by atoms with Crippen LogP contribution in [0.25, 0.3) is 0 Å². The van der Waals surface area contributed by atoms with Crippen molar-refractivity contribution in [2.45, 2.75) is 39.3 Å². The van der Waals surface area contributed by atoms with Gasteiger partial charge in [-0.15, -0.1) is 0 Å². The Labute approximate surface area is 116 Å². The lowest BCUT2D eigenvalue weighted by Gasteiger charge is -2.35. The first-order valence-corrected chi connectivity index (χ1v) is 7.50. The zero-order chi connectivity index (χ0) is 13.5. The van der Waals surface area contributed by atoms with Gasteiger partial charge in [-0.05, 0) is 37.9 Å². The van der Waals surface area contributed by atoms with Gasteiger partial charge in [0.2, 0.25) is 0 Å². The van der Waals surface area contributed by atoms with Gasteiger partial charge >= 0.3 is 0 Å². The van der Waals surface area contributed by atoms with Crippen LogP contribution in [-0.4, -0.2) is 32.3 Å². The molecule has 1 aromatic carbocycles. The van der Waals surface area contributed by atoms with E-state index in [9.17, 15) is 0 Å². The van der Waals surface area contributed by atoms with E-state index in [1.54, 1.807) is 0 Å². The Morgan fingerprint density at radius 1 is 1.32 bits per heavy atom. The van der Waals surface area contributed by atoms with Crippen molar-refractivity contribution in [1.29, 1.82) is 0 Å². The van der Waals surface area contributed by atoms with Crippen LogP contribution < -0.4 is 10.2 Å². The Balaban J connectivity index is 2.07. The summed E-state index contributed by atoms with van der Waals surface area (Å²) in [4.78, 5) is 2.48. The first-order chi connectivity index (χ1) is 9.35. The van der Waals surface area contributed by atoms with Crippen molar-refractivity contribution in [3.05, 3.63) is 29.8 Å². The second-order valence-electron chi connectivity index (χ2n) is 5.07. The number of nitrogens with zero attached hydrogens (tertiary/aromatic N) is 1. The van der Waals surface area contributed by atoms with Gasteiger partial charge < -0.3 is 15.0 Å². The maximum Gasteiger partial charge on any atom is 0.0750 e. The lowest BCUT2D eigenvalue weighted by Crippen LogP contribution is -2.40. The van der Waals surface area contributed by atoms with Gasteiger partial charge in [-0.25, -0.2) is 0 Å². The van der Waals surface area contributed by atoms with E-state index < -0.39 is 0 Å². The summed E-state index contributed by atoms with van der Waals surface area (Å²) in [5, 5.41) is 3.42. The molecule has 1 N–H and O–H groups in total. The predicted molar refractivity (Wildman–Crippen MR) is 80.7 cm³/mol. The topological polar surface area (TPSA) is 24.5 Å². The largest absolute Gasteiger partial charge is 0.377 e. The highest BCUT2D eigenvalue weighted by Gasteiger charge is 2.21. The zero-order valence-corrected chi connectivity index (χ0v) is 12.2. The average Bonchev–Trinajstić information content (AvgIpc) is 2.46. The minimum atomic E-state index is 0.394. The summed E-state index contributed by atoms with van der Waals surface area (Å²) in [6.07, 6.45) is 2.81. The van der Waals surface area contributed by atoms with Crippen molar-refractivity contribution in [3.8, 4) is 0 Å². The summed E-state index contributed by atoms with van der Waals surface area (Å²) >= 11 is 0. The molecule has 19 heavy (non-hydrogen) atoms. The van der Waals surface area contributed by atoms with Gasteiger partial charge in [-0.2, -0.15) is 0 Å². The number of rotatable bonds is 6. The number of benzene rings is 1. The molecule has 1 heterocycles. The smallest absolute Gasteiger partial charge is 0.0750 e. The fourth-order valence-electron chi connectivity index (χ4n) is 2.76. The van der Waals surface area contributed by atoms with Gasteiger partial charge in [0, 0.05) is 31.9 Å². The van der Waals surface area contributed by atoms with E-state index in [2.05, 4.69) is 48.3 Å². The molecule has 1 aliphatic heterocycles. The third-order valence-electron chi connectivity index (χ3n) is 3.68. The van der Waals surface area contributed by atoms with Gasteiger partial charge in [-0.1, -0.05) is 25.1 Å². The Kier molecular flexibility index (Phi) is 5.67. The van der Waals surface area contributed by atoms with Gasteiger partial charge in [0.15, 0.2) is 0 Å². The molecule has 0 amide bonds. The van der Waals surface area contributed by atoms with Crippen LogP contribution in [0.5, 0.6) is 0 Å². The van der Waals surface area contributed by atoms with Crippen LogP contribution in [0.2, 0.25) is 0 Å². The van der Waals surface area contributed by atoms with Crippen LogP contribution in [0.4, 0.5) is 5.69 Å². The number of nitrogens with one attached hydrogen (secondary N) is 1. The predicted octanol–water partition coefficient (Wildman–Crippen LogP) is 2.80. The first kappa shape index (κ1) is 14.4. The van der Waals surface area contributed by atoms with Gasteiger partial charge in [0.05, 0.1) is 6.10 Å². The van der Waals surface area contributed by atoms with Crippen LogP contribution in [-0.2, 0) is 11.3 Å². The fourth-order valence-corrected chi connectivity index (χ4v) is 2.76. The summed E-state index contributed by atoms with van der Waals surface area (Å²) in [6.45, 7) is 9.17. The maximum atomic E-state index is 5.80. The van der Waals surface area contributed by atoms with Crippen LogP contribution >= 0.6 is 0 Å². The number of hydrogen-bond donors (Lipinski definition) is 1. The summed E-state index contributed by atoms with van der Waals surface area (Å²) in [7, 11) is 0. The molecule has 1 aliphatic rings. The van der Waals surface area contributed by atoms with E-state index in [0.29, 0.717) is 6.10 Å². The second-order valence-corrected chi connectivity index (χ2v) is 5.07. The zero-order valence-electron chi connectivity index (χ0n) is 12.2. The molecule has 0 aliphatic carbocycles. The van der Waals surface area contributed by atoms with Gasteiger partial charge in [0.1, 0.15) is 0 Å². The van der Waals surface area contributed by atoms with Crippen molar-refractivity contribution in [2.75, 3.05) is 31.1 Å². The number of hydrogen-bond acceptors (Lipinski definition) is 3. The van der Waals surface area contributed by atoms with Crippen molar-refractivity contribution < 1.29 is 4.74 Å². The van der Waals surface area contributed by atoms with Crippen LogP contribution in [0.1, 0.15) is 32.3 Å². The third kappa shape index (κ3) is 3.95. The molecule has 0 radical (unpaired) electrons. The molecule has 1 fully saturated rings. The van der Waals surface area contributed by atoms with E-state index in [4.69, 9.17) is 4.74 Å². The number of para-hydroxylation sites is 1. The van der Waals surface area contributed by atoms with Gasteiger partial charge in [-0.3, -0.25) is 0 Å². The molecular weight excluding hydrogens is 236 g/mol. The van der Waals surface area contributed by atoms with Crippen LogP contribution in [0.15, 0.2) is 24.3 Å². The lowest BCUT2D eigenvalue weighted by atomic mass is 10.0. The third-order valence-corrected chi connectivity index (χ3v) is 3.68. The average molecular weight is 262 g/mol. The Hall–Kier alpha value is -1.06. The second kappa shape index (κ2) is 7.51. The highest BCUT2D eigenvalue weighted by atomic mass is 16.5. The van der Waals surface area contributed by atoms with Crippen LogP contribution in [0, 0.1) is 0 Å². The molecule has 3 nitrogen and oxygen atoms in total. The monoisotopic (exact) mass is 262 g/mol. The summed E-state index contributed by atoms with van der Waals surface area (Å²) in [5.41, 5.74) is 2.76. The molecule has 0 saturated carbocycles. The van der Waals surface area contributed by atoms with Crippen molar-refractivity contribution >= 4 is 5.69 Å². The standard InChI is InChI=1S/C16H26N2O/c1-3-17-12-14-8-5-6-10-16(14)18-11-7-9-15(13-18)19-4-2/h5-6,8,10,15,17H,3-4,7,9,11-13H2,1-2H3. The minimum absolute atomic E-state index is 0.394. The summed E-state index contributed by atoms with van der Waals surface area (Å²) in [6, 6.07) is 8.72. The van der Waals surface area contributed by atoms with Crippen molar-refractivity contribution in [3.63, 3.8) is 0 Å². The molecule has 1 saturated heterocycles. The Morgan fingerprint density at radius 3 is 2.95 bits per heavy atom. The van der Waals surface area contributed by atoms with E-state index >= 15 is 0 Å². The molecule has 1 aromatic rings. The molecule has 3 heteroatoms. The molecule has 0 spiro atoms. The molecule has 2 rings (SSSR count). The number of piperidine rings is 1. The molecule has 0 bridgehead atoms. The Bertz CT molecular complexity index is 379. The van der Waals surface area contributed by atoms with Gasteiger partial charge in [0.25, 0.3) is 0 Å². The lowest BCUT2D eigenvalue weighted by molar-refractivity contribution is 0.0526. The first-order valence-electron chi connectivity index (χ1n) is 7.50. The number of anilines is 1. The Morgan fingerprint density at radius 2 is 2.16 bits per heavy atom. The normalized spacial score (nSPS) is 19.7. The maximum absolute atomic E-state index is 5.80. The highest BCUT2D eigenvalue weighted by molar-refractivity contribution is 5.54. The van der Waals surface area contributed by atoms with E-state index in [1.165, 1.54) is 24.1 Å². The van der Waals surface area contributed by atoms with Crippen LogP contribution in [0.3, 0.4) is 0 Å². The van der Waals surface area contributed by atoms with E-state index in [-0.39, 0.29) is 0 Å². The SMILES string of the molecule is CCNCc1ccccc1N1CCCC(OCC)C1. The number of ether oxygens (including phenoxy) is 1. The molecule has 1 unspecified atom stereocenters. The summed E-state index contributed by atoms with van der Waals surface area (Å²) in [5.74, 6) is 0. The minimum Gasteiger partial charge on any atom is -0.377 e.